The summed E-state index contributed by atoms with van der Waals surface area (Å²) in [5.41, 5.74) is 3.12. The molecule has 0 amide bonds. The molecule has 1 heterocycles. The molecule has 4 aliphatic carbocycles. The lowest BCUT2D eigenvalue weighted by molar-refractivity contribution is -0.114. The van der Waals surface area contributed by atoms with Crippen LogP contribution in [-0.2, 0) is 4.79 Å². The topological polar surface area (TPSA) is 55.8 Å². The lowest BCUT2D eigenvalue weighted by Crippen LogP contribution is -2.51. The maximum absolute atomic E-state index is 12.2. The summed E-state index contributed by atoms with van der Waals surface area (Å²) in [6.07, 6.45) is 6.92. The molecule has 6 rings (SSSR count). The number of hydrogen-bond acceptors (Lipinski definition) is 4. The van der Waals surface area contributed by atoms with Crippen molar-refractivity contribution in [2.24, 2.45) is 17.3 Å². The second kappa shape index (κ2) is 6.99. The van der Waals surface area contributed by atoms with Crippen LogP contribution in [0.25, 0.3) is 0 Å². The van der Waals surface area contributed by atoms with Crippen LogP contribution in [0.4, 0.5) is 0 Å². The second-order valence-corrected chi connectivity index (χ2v) is 10.3. The Kier molecular flexibility index (Phi) is 3.72. The van der Waals surface area contributed by atoms with Gasteiger partial charge >= 0.3 is 0 Å². The van der Waals surface area contributed by atoms with Crippen LogP contribution in [0.5, 0.6) is 11.5 Å². The van der Waals surface area contributed by atoms with Crippen LogP contribution < -0.4 is 9.47 Å². The maximum atomic E-state index is 12.2. The highest BCUT2D eigenvalue weighted by Crippen LogP contribution is 2.66. The lowest BCUT2D eigenvalue weighted by atomic mass is 9.51. The number of ether oxygens (including phenoxy) is 2. The highest BCUT2D eigenvalue weighted by atomic mass is 16.7. The van der Waals surface area contributed by atoms with Crippen molar-refractivity contribution in [3.05, 3.63) is 46.6 Å². The molecule has 4 nitrogen and oxygen atoms in total. The molecule has 2 fully saturated rings. The quantitative estimate of drug-likeness (QED) is 0.495. The minimum atomic E-state index is -2.40. The van der Waals surface area contributed by atoms with Gasteiger partial charge in [-0.25, -0.2) is 0 Å². The molecule has 1 N–H and O–H groups in total. The number of carbonyl (C=O) groups is 1. The Hall–Kier alpha value is -2.51. The van der Waals surface area contributed by atoms with Gasteiger partial charge < -0.3 is 14.6 Å². The predicted octanol–water partition coefficient (Wildman–Crippen LogP) is 5.07. The number of hydrogen-bond donors (Lipinski definition) is 1. The number of rotatable bonds is 1. The first kappa shape index (κ1) is 17.0. The van der Waals surface area contributed by atoms with Gasteiger partial charge in [-0.1, -0.05) is 24.5 Å². The number of carbonyl (C=O) groups excluding carboxylic acids is 1. The minimum absolute atomic E-state index is 0.0295. The van der Waals surface area contributed by atoms with E-state index in [1.165, 1.54) is 16.7 Å². The Morgan fingerprint density at radius 1 is 1.19 bits per heavy atom. The van der Waals surface area contributed by atoms with Crippen LogP contribution in [-0.4, -0.2) is 23.3 Å². The zero-order valence-electron chi connectivity index (χ0n) is 21.4. The van der Waals surface area contributed by atoms with Gasteiger partial charge in [0.15, 0.2) is 17.3 Å². The molecule has 4 heteroatoms. The molecule has 0 spiro atoms. The number of allylic oxidation sites excluding steroid dienone is 4. The van der Waals surface area contributed by atoms with Crippen molar-refractivity contribution in [1.29, 1.82) is 0 Å². The van der Waals surface area contributed by atoms with Gasteiger partial charge in [0.1, 0.15) is 5.60 Å². The predicted molar refractivity (Wildman–Crippen MR) is 121 cm³/mol. The molecule has 1 aliphatic heterocycles. The molecule has 5 atom stereocenters. The van der Waals surface area contributed by atoms with Crippen molar-refractivity contribution in [2.45, 2.75) is 70.2 Å². The van der Waals surface area contributed by atoms with Gasteiger partial charge in [0, 0.05) is 21.9 Å². The molecular weight excluding hydrogens is 401 g/mol. The van der Waals surface area contributed by atoms with E-state index in [4.69, 9.17) is 13.6 Å². The minimum Gasteiger partial charge on any atom is -0.454 e. The van der Waals surface area contributed by atoms with Gasteiger partial charge in [-0.05, 0) is 92.1 Å². The van der Waals surface area contributed by atoms with E-state index in [1.807, 2.05) is 12.1 Å². The van der Waals surface area contributed by atoms with Crippen LogP contribution in [0.3, 0.4) is 0 Å². The van der Waals surface area contributed by atoms with Crippen molar-refractivity contribution < 1.29 is 23.5 Å². The number of benzene rings is 1. The molecule has 5 aliphatic rings. The molecule has 1 aromatic rings. The first-order chi connectivity index (χ1) is 16.6. The Bertz CT molecular complexity index is 1230. The summed E-state index contributed by atoms with van der Waals surface area (Å²) in [5.74, 6) is 7.39. The third kappa shape index (κ3) is 2.70. The largest absolute Gasteiger partial charge is 0.454 e. The van der Waals surface area contributed by atoms with Crippen LogP contribution in [0.1, 0.15) is 74.3 Å². The third-order valence-electron chi connectivity index (χ3n) is 8.95. The Balaban J connectivity index is 1.51. The summed E-state index contributed by atoms with van der Waals surface area (Å²) >= 11 is 0. The summed E-state index contributed by atoms with van der Waals surface area (Å²) in [6.45, 7) is -0.0861. The maximum Gasteiger partial charge on any atom is 0.231 e. The van der Waals surface area contributed by atoms with E-state index < -0.39 is 17.9 Å². The molecule has 0 saturated heterocycles. The van der Waals surface area contributed by atoms with Gasteiger partial charge in [-0.2, -0.15) is 0 Å². The third-order valence-corrected chi connectivity index (χ3v) is 8.95. The fourth-order valence-corrected chi connectivity index (χ4v) is 7.40. The average molecular weight is 435 g/mol. The van der Waals surface area contributed by atoms with E-state index in [-0.39, 0.29) is 30.3 Å². The van der Waals surface area contributed by atoms with Crippen LogP contribution in [0.15, 0.2) is 41.0 Å². The van der Waals surface area contributed by atoms with Crippen molar-refractivity contribution in [1.82, 2.24) is 0 Å². The van der Waals surface area contributed by atoms with Crippen molar-refractivity contribution in [3.63, 3.8) is 0 Å². The van der Waals surface area contributed by atoms with Crippen LogP contribution >= 0.6 is 0 Å². The molecule has 2 saturated carbocycles. The average Bonchev–Trinajstić information content (AvgIpc) is 3.38. The van der Waals surface area contributed by atoms with Gasteiger partial charge in [0.25, 0.3) is 0 Å². The van der Waals surface area contributed by atoms with Crippen molar-refractivity contribution in [3.8, 4) is 23.3 Å². The zero-order valence-corrected chi connectivity index (χ0v) is 18.4. The van der Waals surface area contributed by atoms with Gasteiger partial charge in [-0.15, -0.1) is 5.92 Å². The summed E-state index contributed by atoms with van der Waals surface area (Å²) in [7, 11) is 0. The number of ketones is 1. The number of aliphatic hydroxyl groups is 1. The fourth-order valence-electron chi connectivity index (χ4n) is 7.40. The van der Waals surface area contributed by atoms with Crippen LogP contribution in [0, 0.1) is 29.1 Å². The molecule has 0 unspecified atom stereocenters. The Morgan fingerprint density at radius 3 is 2.94 bits per heavy atom. The van der Waals surface area contributed by atoms with E-state index >= 15 is 0 Å². The highest BCUT2D eigenvalue weighted by Gasteiger charge is 2.62. The first-order valence-corrected chi connectivity index (χ1v) is 11.7. The smallest absolute Gasteiger partial charge is 0.231 e. The number of fused-ring (bicyclic) bond motifs is 5. The molecule has 0 aromatic heterocycles. The monoisotopic (exact) mass is 434 g/mol. The normalized spacial score (nSPS) is 38.9. The Morgan fingerprint density at radius 2 is 2.06 bits per heavy atom. The molecule has 166 valence electrons. The van der Waals surface area contributed by atoms with E-state index in [1.54, 1.807) is 0 Å². The van der Waals surface area contributed by atoms with E-state index in [9.17, 15) is 9.90 Å². The SMILES string of the molecule is [2H][13C]([2H])([2H])C#C[C@]1(O)CC[C@H]2[C@@H]3CCC4=CC(=O)CCC4=C3[C@@H](c3ccc4c(c3)OCO4)C[C@@]21C. The van der Waals surface area contributed by atoms with Crippen molar-refractivity contribution in [2.75, 3.05) is 6.79 Å². The summed E-state index contributed by atoms with van der Waals surface area (Å²) in [5, 5.41) is 11.8. The first-order valence-electron chi connectivity index (χ1n) is 13.2. The standard InChI is InChI=1S/C28H30O4/c1-3-11-28(30)12-10-23-21-7-4-17-13-19(29)6-8-20(17)26(21)22(15-27(23,28)2)18-5-9-24-25(14-18)32-16-31-24/h5,9,13-14,21-23,30H,4,6-8,10,12,15-16H2,1-2H3/t21-,22+,23-,27-,28-/m0/s1/i1+1D3. The molecule has 32 heavy (non-hydrogen) atoms. The lowest BCUT2D eigenvalue weighted by Gasteiger charge is -2.53. The van der Waals surface area contributed by atoms with Crippen LogP contribution in [0.2, 0.25) is 0 Å². The zero-order chi connectivity index (χ0) is 24.6. The summed E-state index contributed by atoms with van der Waals surface area (Å²) in [6, 6.07) is 6.08. The van der Waals surface area contributed by atoms with E-state index in [0.29, 0.717) is 19.3 Å². The molecule has 1 aromatic carbocycles. The molecule has 0 radical (unpaired) electrons. The van der Waals surface area contributed by atoms with E-state index in [2.05, 4.69) is 30.9 Å². The Labute approximate surface area is 193 Å². The van der Waals surface area contributed by atoms with Gasteiger partial charge in [0.05, 0.1) is 0 Å². The summed E-state index contributed by atoms with van der Waals surface area (Å²) < 4.78 is 33.9. The molecular formula is C28H30O4. The summed E-state index contributed by atoms with van der Waals surface area (Å²) in [4.78, 5) is 12.2. The molecule has 0 bridgehead atoms. The highest BCUT2D eigenvalue weighted by molar-refractivity contribution is 5.93. The van der Waals surface area contributed by atoms with E-state index in [0.717, 1.165) is 42.7 Å². The van der Waals surface area contributed by atoms with Crippen molar-refractivity contribution >= 4 is 5.78 Å². The fraction of sp³-hybridized carbons (Fsp3) is 0.536. The second-order valence-electron chi connectivity index (χ2n) is 10.3. The van der Waals surface area contributed by atoms with Gasteiger partial charge in [-0.3, -0.25) is 4.79 Å². The van der Waals surface area contributed by atoms with Gasteiger partial charge in [0.2, 0.25) is 6.79 Å².